The fraction of sp³-hybridized carbons (Fsp3) is 0.313. The number of thiophene rings is 1. The van der Waals surface area contributed by atoms with Crippen molar-refractivity contribution in [2.24, 2.45) is 29.6 Å². The monoisotopic (exact) mass is 1080 g/mol. The summed E-state index contributed by atoms with van der Waals surface area (Å²) in [6, 6.07) is 60.1. The molecule has 0 N–H and O–H groups in total. The summed E-state index contributed by atoms with van der Waals surface area (Å²) in [5.41, 5.74) is 14.0. The Morgan fingerprint density at radius 2 is 0.932 bits per heavy atom. The first-order valence-corrected chi connectivity index (χ1v) is 28.9. The van der Waals surface area contributed by atoms with E-state index in [1.54, 1.807) is 11.3 Å². The lowest BCUT2D eigenvalue weighted by Gasteiger charge is -2.50. The predicted octanol–water partition coefficient (Wildman–Crippen LogP) is 18.5. The van der Waals surface area contributed by atoms with Crippen molar-refractivity contribution in [2.75, 3.05) is 0 Å². The Labute approximate surface area is 448 Å². The van der Waals surface area contributed by atoms with Crippen LogP contribution in [0.25, 0.3) is 87.7 Å². The second kappa shape index (κ2) is 18.7. The SMILES string of the molecule is C[C@@H]1C[C@@H]2C[C@H](C)CC(c3ccc(-c4ccccc4-c4nc(-c5ccc(-c6cccc7c6sc6ccc(C#N)cc67)cc5)nc(-c5ccccc5-c5ccc(C67C[C@@H](C)C[C@@H](C[C@@H](I)C6)C7)cc5)n4)cc3)(C1)C2. The van der Waals surface area contributed by atoms with E-state index in [0.29, 0.717) is 23.0 Å². The van der Waals surface area contributed by atoms with Gasteiger partial charge in [-0.05, 0) is 167 Å². The highest BCUT2D eigenvalue weighted by Gasteiger charge is 2.46. The lowest BCUT2D eigenvalue weighted by molar-refractivity contribution is 0.0780. The van der Waals surface area contributed by atoms with Crippen molar-refractivity contribution in [1.82, 2.24) is 15.0 Å². The molecule has 6 heteroatoms. The van der Waals surface area contributed by atoms with Gasteiger partial charge in [0, 0.05) is 40.8 Å². The van der Waals surface area contributed by atoms with Gasteiger partial charge in [-0.25, -0.2) is 15.0 Å². The molecule has 4 fully saturated rings. The molecular formula is C67H61IN4S. The van der Waals surface area contributed by atoms with Crippen molar-refractivity contribution in [3.8, 4) is 73.6 Å². The van der Waals surface area contributed by atoms with Crippen molar-refractivity contribution in [3.05, 3.63) is 174 Å². The molecule has 0 amide bonds. The van der Waals surface area contributed by atoms with Gasteiger partial charge in [0.2, 0.25) is 0 Å². The number of hydrogen-bond acceptors (Lipinski definition) is 5. The van der Waals surface area contributed by atoms with E-state index in [1.165, 1.54) is 107 Å². The van der Waals surface area contributed by atoms with Crippen molar-refractivity contribution in [1.29, 1.82) is 5.26 Å². The van der Waals surface area contributed by atoms with E-state index in [4.69, 9.17) is 15.0 Å². The van der Waals surface area contributed by atoms with E-state index in [9.17, 15) is 5.26 Å². The third kappa shape index (κ3) is 8.63. The fourth-order valence-corrected chi connectivity index (χ4v) is 18.0. The Bertz CT molecular complexity index is 3400. The molecule has 9 aromatic rings. The zero-order chi connectivity index (χ0) is 49.4. The highest BCUT2D eigenvalue weighted by Crippen LogP contribution is 2.56. The van der Waals surface area contributed by atoms with Crippen LogP contribution in [0.15, 0.2) is 158 Å². The van der Waals surface area contributed by atoms with Gasteiger partial charge in [-0.1, -0.05) is 183 Å². The molecule has 8 atom stereocenters. The van der Waals surface area contributed by atoms with Gasteiger partial charge in [0.25, 0.3) is 0 Å². The molecule has 4 aliphatic carbocycles. The second-order valence-electron chi connectivity index (χ2n) is 23.1. The highest BCUT2D eigenvalue weighted by molar-refractivity contribution is 14.1. The van der Waals surface area contributed by atoms with Gasteiger partial charge in [0.05, 0.1) is 11.6 Å². The smallest absolute Gasteiger partial charge is 0.164 e. The number of nitrogens with zero attached hydrogens (tertiary/aromatic N) is 4. The summed E-state index contributed by atoms with van der Waals surface area (Å²) >= 11 is 4.51. The minimum atomic E-state index is 0.268. The maximum Gasteiger partial charge on any atom is 0.164 e. The molecule has 4 saturated carbocycles. The van der Waals surface area contributed by atoms with Gasteiger partial charge in [-0.3, -0.25) is 0 Å². The molecule has 73 heavy (non-hydrogen) atoms. The van der Waals surface area contributed by atoms with E-state index in [1.807, 2.05) is 12.1 Å². The van der Waals surface area contributed by atoms with Gasteiger partial charge < -0.3 is 0 Å². The quantitative estimate of drug-likeness (QED) is 0.112. The van der Waals surface area contributed by atoms with Crippen LogP contribution in [-0.2, 0) is 10.8 Å². The topological polar surface area (TPSA) is 62.5 Å². The minimum absolute atomic E-state index is 0.268. The zero-order valence-corrected chi connectivity index (χ0v) is 45.1. The molecule has 2 aromatic heterocycles. The maximum atomic E-state index is 9.67. The fourth-order valence-electron chi connectivity index (χ4n) is 15.2. The third-order valence-electron chi connectivity index (χ3n) is 17.7. The Morgan fingerprint density at radius 3 is 1.49 bits per heavy atom. The summed E-state index contributed by atoms with van der Waals surface area (Å²) in [4.78, 5) is 16.2. The molecule has 0 radical (unpaired) electrons. The van der Waals surface area contributed by atoms with Gasteiger partial charge in [-0.15, -0.1) is 11.3 Å². The van der Waals surface area contributed by atoms with E-state index in [-0.39, 0.29) is 10.8 Å². The zero-order valence-electron chi connectivity index (χ0n) is 42.1. The van der Waals surface area contributed by atoms with Gasteiger partial charge >= 0.3 is 0 Å². The van der Waals surface area contributed by atoms with Crippen LogP contribution in [0, 0.1) is 40.9 Å². The average Bonchev–Trinajstić information content (AvgIpc) is 3.78. The molecule has 7 aromatic carbocycles. The van der Waals surface area contributed by atoms with E-state index >= 15 is 0 Å². The van der Waals surface area contributed by atoms with E-state index < -0.39 is 0 Å². The summed E-state index contributed by atoms with van der Waals surface area (Å²) in [5, 5.41) is 12.0. The van der Waals surface area contributed by atoms with Crippen LogP contribution in [0.4, 0.5) is 0 Å². The number of rotatable bonds is 8. The predicted molar refractivity (Wildman–Crippen MR) is 312 cm³/mol. The number of fused-ring (bicyclic) bond motifs is 7. The van der Waals surface area contributed by atoms with Crippen LogP contribution in [0.5, 0.6) is 0 Å². The van der Waals surface area contributed by atoms with Crippen LogP contribution in [-0.4, -0.2) is 18.9 Å². The van der Waals surface area contributed by atoms with Crippen LogP contribution < -0.4 is 0 Å². The lowest BCUT2D eigenvalue weighted by atomic mass is 9.54. The van der Waals surface area contributed by atoms with Crippen LogP contribution in [0.1, 0.15) is 102 Å². The van der Waals surface area contributed by atoms with Gasteiger partial charge in [-0.2, -0.15) is 5.26 Å². The van der Waals surface area contributed by atoms with Crippen molar-refractivity contribution < 1.29 is 0 Å². The maximum absolute atomic E-state index is 9.67. The molecule has 0 saturated heterocycles. The first-order chi connectivity index (χ1) is 35.6. The number of benzene rings is 7. The molecule has 4 aliphatic rings. The van der Waals surface area contributed by atoms with Gasteiger partial charge in [0.15, 0.2) is 17.5 Å². The van der Waals surface area contributed by atoms with Crippen molar-refractivity contribution in [2.45, 2.75) is 99.7 Å². The van der Waals surface area contributed by atoms with Crippen molar-refractivity contribution in [3.63, 3.8) is 0 Å². The molecule has 0 aliphatic heterocycles. The Morgan fingerprint density at radius 1 is 0.466 bits per heavy atom. The van der Waals surface area contributed by atoms with Gasteiger partial charge in [0.1, 0.15) is 0 Å². The molecule has 0 spiro atoms. The summed E-state index contributed by atoms with van der Waals surface area (Å²) in [7, 11) is 0. The summed E-state index contributed by atoms with van der Waals surface area (Å²) < 4.78 is 3.14. The molecule has 13 rings (SSSR count). The molecule has 4 bridgehead atoms. The number of nitriles is 1. The highest BCUT2D eigenvalue weighted by atomic mass is 127. The molecule has 2 unspecified atom stereocenters. The molecular weight excluding hydrogens is 1020 g/mol. The number of halogens is 1. The van der Waals surface area contributed by atoms with Crippen LogP contribution >= 0.6 is 33.9 Å². The lowest BCUT2D eigenvalue weighted by Crippen LogP contribution is -2.43. The molecule has 2 heterocycles. The van der Waals surface area contributed by atoms with Crippen molar-refractivity contribution >= 4 is 54.1 Å². The van der Waals surface area contributed by atoms with Crippen LogP contribution in [0.2, 0.25) is 0 Å². The molecule has 4 nitrogen and oxygen atoms in total. The first-order valence-electron chi connectivity index (χ1n) is 26.9. The largest absolute Gasteiger partial charge is 0.208 e. The normalized spacial score (nSPS) is 25.6. The van der Waals surface area contributed by atoms with E-state index in [2.05, 4.69) is 195 Å². The first kappa shape index (κ1) is 46.8. The second-order valence-corrected chi connectivity index (χ2v) is 25.9. The molecule has 362 valence electrons. The van der Waals surface area contributed by atoms with Crippen LogP contribution in [0.3, 0.4) is 0 Å². The third-order valence-corrected chi connectivity index (χ3v) is 19.8. The average molecular weight is 1080 g/mol. The minimum Gasteiger partial charge on any atom is -0.208 e. The summed E-state index contributed by atoms with van der Waals surface area (Å²) in [6.45, 7) is 7.43. The Kier molecular flexibility index (Phi) is 12.0. The Balaban J connectivity index is 0.905. The standard InChI is InChI=1S/C67H61IN4S/c1-41-29-45-30-42(2)35-66(34-41,37-45)51-24-20-47(21-25-51)54-9-4-6-11-58(54)64-70-63(50-18-16-49(17-19-50)56-13-8-14-57-60-33-44(40-69)15-28-61(60)73-62(56)57)71-65(72-64)59-12-7-5-10-55(59)48-22-26-52(27-23-48)67-36-43(3)31-46(38-67)32-53(68)39-67/h4-28,33,41-43,45-46,53H,29-32,34-39H2,1-3H3/t41-,42+,43-,45-,46-,53+,66?,67?/m0/s1. The number of hydrogen-bond donors (Lipinski definition) is 0. The Hall–Kier alpha value is -6.01. The number of aromatic nitrogens is 3. The van der Waals surface area contributed by atoms with E-state index in [0.717, 1.165) is 72.3 Å². The number of alkyl halides is 1. The summed E-state index contributed by atoms with van der Waals surface area (Å²) in [6.07, 6.45) is 13.3. The summed E-state index contributed by atoms with van der Waals surface area (Å²) in [5.74, 6) is 5.93.